The Balaban J connectivity index is 3.00. The van der Waals surface area contributed by atoms with E-state index < -0.39 is 0 Å². The fraction of sp³-hybridized carbons (Fsp3) is 0.556. The molecule has 1 rings (SSSR count). The van der Waals surface area contributed by atoms with E-state index in [0.29, 0.717) is 0 Å². The molecular formula is C9H15NO. The maximum absolute atomic E-state index is 8.93. The van der Waals surface area contributed by atoms with Gasteiger partial charge in [0.2, 0.25) is 0 Å². The molecule has 0 bridgehead atoms. The highest BCUT2D eigenvalue weighted by Gasteiger charge is 2.06. The normalized spacial score (nSPS) is 13.5. The zero-order valence-corrected chi connectivity index (χ0v) is 7.33. The van der Waals surface area contributed by atoms with Crippen molar-refractivity contribution in [2.45, 2.75) is 26.8 Å². The number of aliphatic hydroxyl groups is 1. The van der Waals surface area contributed by atoms with Gasteiger partial charge < -0.3 is 9.67 Å². The van der Waals surface area contributed by atoms with Crippen LogP contribution < -0.4 is 0 Å². The maximum Gasteiger partial charge on any atom is 0.0636 e. The molecule has 1 N–H and O–H groups in total. The Hall–Kier alpha value is -0.760. The smallest absolute Gasteiger partial charge is 0.0636 e. The largest absolute Gasteiger partial charge is 0.394 e. The number of hydrogen-bond acceptors (Lipinski definition) is 1. The van der Waals surface area contributed by atoms with Crippen LogP contribution in [-0.2, 0) is 0 Å². The molecular weight excluding hydrogens is 138 g/mol. The number of aryl methyl sites for hydroxylation is 2. The number of rotatable bonds is 2. The van der Waals surface area contributed by atoms with Crippen LogP contribution in [0, 0.1) is 13.8 Å². The van der Waals surface area contributed by atoms with Crippen molar-refractivity contribution in [3.63, 3.8) is 0 Å². The van der Waals surface area contributed by atoms with Crippen molar-refractivity contribution in [2.24, 2.45) is 0 Å². The average Bonchev–Trinajstić information content (AvgIpc) is 2.30. The first-order valence-corrected chi connectivity index (χ1v) is 3.92. The van der Waals surface area contributed by atoms with E-state index in [0.717, 1.165) is 0 Å². The summed E-state index contributed by atoms with van der Waals surface area (Å²) in [6.45, 7) is 6.33. The Kier molecular flexibility index (Phi) is 2.35. The SMILES string of the molecule is Cc1ccc(C)n1C(C)CO. The van der Waals surface area contributed by atoms with Crippen molar-refractivity contribution in [1.29, 1.82) is 0 Å². The van der Waals surface area contributed by atoms with E-state index in [1.165, 1.54) is 11.4 Å². The van der Waals surface area contributed by atoms with Crippen molar-refractivity contribution in [3.8, 4) is 0 Å². The summed E-state index contributed by atoms with van der Waals surface area (Å²) in [5.41, 5.74) is 2.42. The first-order chi connectivity index (χ1) is 5.16. The number of aromatic nitrogens is 1. The molecule has 0 aliphatic heterocycles. The van der Waals surface area contributed by atoms with Gasteiger partial charge >= 0.3 is 0 Å². The summed E-state index contributed by atoms with van der Waals surface area (Å²) in [5, 5.41) is 8.93. The fourth-order valence-corrected chi connectivity index (χ4v) is 1.46. The van der Waals surface area contributed by atoms with Gasteiger partial charge in [0, 0.05) is 11.4 Å². The summed E-state index contributed by atoms with van der Waals surface area (Å²) in [4.78, 5) is 0. The van der Waals surface area contributed by atoms with E-state index in [-0.39, 0.29) is 12.6 Å². The average molecular weight is 153 g/mol. The van der Waals surface area contributed by atoms with E-state index in [1.807, 2.05) is 6.92 Å². The van der Waals surface area contributed by atoms with Crippen molar-refractivity contribution in [3.05, 3.63) is 23.5 Å². The van der Waals surface area contributed by atoms with E-state index in [1.54, 1.807) is 0 Å². The highest BCUT2D eigenvalue weighted by molar-refractivity contribution is 5.14. The molecule has 11 heavy (non-hydrogen) atoms. The third kappa shape index (κ3) is 1.46. The van der Waals surface area contributed by atoms with Gasteiger partial charge in [-0.05, 0) is 32.9 Å². The van der Waals surface area contributed by atoms with Gasteiger partial charge in [0.1, 0.15) is 0 Å². The molecule has 2 heteroatoms. The maximum atomic E-state index is 8.93. The summed E-state index contributed by atoms with van der Waals surface area (Å²) >= 11 is 0. The Morgan fingerprint density at radius 1 is 1.36 bits per heavy atom. The van der Waals surface area contributed by atoms with Crippen LogP contribution in [0.15, 0.2) is 12.1 Å². The molecule has 0 amide bonds. The molecule has 0 saturated carbocycles. The van der Waals surface area contributed by atoms with Crippen LogP contribution in [0.3, 0.4) is 0 Å². The fourth-order valence-electron chi connectivity index (χ4n) is 1.46. The Morgan fingerprint density at radius 2 is 1.82 bits per heavy atom. The van der Waals surface area contributed by atoms with E-state index in [4.69, 9.17) is 5.11 Å². The quantitative estimate of drug-likeness (QED) is 0.686. The summed E-state index contributed by atoms with van der Waals surface area (Å²) in [6.07, 6.45) is 0. The zero-order chi connectivity index (χ0) is 8.43. The molecule has 2 nitrogen and oxygen atoms in total. The lowest BCUT2D eigenvalue weighted by molar-refractivity contribution is 0.236. The monoisotopic (exact) mass is 153 g/mol. The second kappa shape index (κ2) is 3.09. The number of nitrogens with zero attached hydrogens (tertiary/aromatic N) is 1. The second-order valence-electron chi connectivity index (χ2n) is 3.02. The van der Waals surface area contributed by atoms with Crippen molar-refractivity contribution < 1.29 is 5.11 Å². The summed E-state index contributed by atoms with van der Waals surface area (Å²) in [6, 6.07) is 4.34. The standard InChI is InChI=1S/C9H15NO/c1-7-4-5-8(2)10(7)9(3)6-11/h4-5,9,11H,6H2,1-3H3. The zero-order valence-electron chi connectivity index (χ0n) is 7.33. The van der Waals surface area contributed by atoms with Gasteiger partial charge in [0.25, 0.3) is 0 Å². The molecule has 1 atom stereocenters. The van der Waals surface area contributed by atoms with E-state index >= 15 is 0 Å². The van der Waals surface area contributed by atoms with Crippen LogP contribution in [-0.4, -0.2) is 16.3 Å². The van der Waals surface area contributed by atoms with Gasteiger partial charge in [0.05, 0.1) is 12.6 Å². The molecule has 0 spiro atoms. The van der Waals surface area contributed by atoms with Crippen LogP contribution in [0.1, 0.15) is 24.4 Å². The molecule has 62 valence electrons. The Bertz CT molecular complexity index is 220. The first kappa shape index (κ1) is 8.34. The second-order valence-corrected chi connectivity index (χ2v) is 3.02. The minimum absolute atomic E-state index is 0.199. The van der Waals surface area contributed by atoms with E-state index in [2.05, 4.69) is 30.5 Å². The third-order valence-electron chi connectivity index (χ3n) is 2.03. The lowest BCUT2D eigenvalue weighted by Gasteiger charge is -2.15. The summed E-state index contributed by atoms with van der Waals surface area (Å²) in [5.74, 6) is 0. The number of hydrogen-bond donors (Lipinski definition) is 1. The summed E-state index contributed by atoms with van der Waals surface area (Å²) < 4.78 is 2.14. The molecule has 0 aromatic carbocycles. The van der Waals surface area contributed by atoms with Gasteiger partial charge in [-0.3, -0.25) is 0 Å². The van der Waals surface area contributed by atoms with Crippen LogP contribution >= 0.6 is 0 Å². The summed E-state index contributed by atoms with van der Waals surface area (Å²) in [7, 11) is 0. The van der Waals surface area contributed by atoms with Crippen molar-refractivity contribution in [2.75, 3.05) is 6.61 Å². The Labute approximate surface area is 67.5 Å². The van der Waals surface area contributed by atoms with Crippen molar-refractivity contribution in [1.82, 2.24) is 4.57 Å². The highest BCUT2D eigenvalue weighted by Crippen LogP contribution is 2.14. The highest BCUT2D eigenvalue weighted by atomic mass is 16.3. The lowest BCUT2D eigenvalue weighted by Crippen LogP contribution is -2.11. The van der Waals surface area contributed by atoms with Gasteiger partial charge in [-0.1, -0.05) is 0 Å². The topological polar surface area (TPSA) is 25.2 Å². The first-order valence-electron chi connectivity index (χ1n) is 3.92. The van der Waals surface area contributed by atoms with E-state index in [9.17, 15) is 0 Å². The number of aliphatic hydroxyl groups excluding tert-OH is 1. The minimum Gasteiger partial charge on any atom is -0.394 e. The van der Waals surface area contributed by atoms with Gasteiger partial charge in [-0.2, -0.15) is 0 Å². The minimum atomic E-state index is 0.199. The lowest BCUT2D eigenvalue weighted by atomic mass is 10.3. The predicted octanol–water partition coefficient (Wildman–Crippen LogP) is 1.66. The molecule has 0 fully saturated rings. The molecule has 1 aromatic heterocycles. The molecule has 1 unspecified atom stereocenters. The van der Waals surface area contributed by atoms with Gasteiger partial charge in [0.15, 0.2) is 0 Å². The van der Waals surface area contributed by atoms with Crippen LogP contribution in [0.2, 0.25) is 0 Å². The molecule has 0 aliphatic rings. The van der Waals surface area contributed by atoms with Crippen molar-refractivity contribution >= 4 is 0 Å². The molecule has 1 aromatic rings. The molecule has 0 saturated heterocycles. The third-order valence-corrected chi connectivity index (χ3v) is 2.03. The molecule has 0 radical (unpaired) electrons. The van der Waals surface area contributed by atoms with Crippen LogP contribution in [0.5, 0.6) is 0 Å². The molecule has 0 aliphatic carbocycles. The van der Waals surface area contributed by atoms with Crippen LogP contribution in [0.25, 0.3) is 0 Å². The predicted molar refractivity (Wildman–Crippen MR) is 45.7 cm³/mol. The molecule has 1 heterocycles. The van der Waals surface area contributed by atoms with Crippen LogP contribution in [0.4, 0.5) is 0 Å². The van der Waals surface area contributed by atoms with Gasteiger partial charge in [-0.15, -0.1) is 0 Å². The van der Waals surface area contributed by atoms with Gasteiger partial charge in [-0.25, -0.2) is 0 Å². The Morgan fingerprint density at radius 3 is 2.18 bits per heavy atom.